The third-order valence-corrected chi connectivity index (χ3v) is 4.15. The van der Waals surface area contributed by atoms with Crippen molar-refractivity contribution in [2.75, 3.05) is 26.2 Å². The van der Waals surface area contributed by atoms with Gasteiger partial charge in [-0.1, -0.05) is 0 Å². The summed E-state index contributed by atoms with van der Waals surface area (Å²) in [7, 11) is 0. The van der Waals surface area contributed by atoms with Gasteiger partial charge in [-0.15, -0.1) is 0 Å². The van der Waals surface area contributed by atoms with Crippen molar-refractivity contribution in [3.63, 3.8) is 0 Å². The summed E-state index contributed by atoms with van der Waals surface area (Å²) >= 11 is 0. The van der Waals surface area contributed by atoms with Gasteiger partial charge in [-0.2, -0.15) is 0 Å². The van der Waals surface area contributed by atoms with Gasteiger partial charge in [0.1, 0.15) is 0 Å². The molecular formula is C14H26N2O3. The standard InChI is InChI=1S/C14H26N2O3/c1-4-15(5-2)13(17)7-6-9-16-10-8-12(11(16)3)14(18)19/h11-12H,4-10H2,1-3H3,(H,18,19). The van der Waals surface area contributed by atoms with Crippen LogP contribution in [0.4, 0.5) is 0 Å². The van der Waals surface area contributed by atoms with E-state index in [0.29, 0.717) is 6.42 Å². The second-order valence-corrected chi connectivity index (χ2v) is 5.18. The van der Waals surface area contributed by atoms with Gasteiger partial charge in [0.2, 0.25) is 5.91 Å². The maximum Gasteiger partial charge on any atom is 0.308 e. The van der Waals surface area contributed by atoms with Gasteiger partial charge in [0.25, 0.3) is 0 Å². The molecule has 1 heterocycles. The molecule has 2 atom stereocenters. The Hall–Kier alpha value is -1.10. The van der Waals surface area contributed by atoms with E-state index in [-0.39, 0.29) is 17.9 Å². The number of carboxylic acids is 1. The Morgan fingerprint density at radius 1 is 1.32 bits per heavy atom. The second kappa shape index (κ2) is 7.48. The van der Waals surface area contributed by atoms with Crippen LogP contribution in [0, 0.1) is 5.92 Å². The van der Waals surface area contributed by atoms with Crippen LogP contribution >= 0.6 is 0 Å². The lowest BCUT2D eigenvalue weighted by Gasteiger charge is -2.23. The lowest BCUT2D eigenvalue weighted by molar-refractivity contribution is -0.142. The monoisotopic (exact) mass is 270 g/mol. The number of rotatable bonds is 7. The number of hydrogen-bond donors (Lipinski definition) is 1. The molecule has 5 nitrogen and oxygen atoms in total. The van der Waals surface area contributed by atoms with E-state index in [1.165, 1.54) is 0 Å². The topological polar surface area (TPSA) is 60.9 Å². The van der Waals surface area contributed by atoms with Crippen molar-refractivity contribution in [3.05, 3.63) is 0 Å². The minimum absolute atomic E-state index is 0.0843. The number of carbonyl (C=O) groups is 2. The van der Waals surface area contributed by atoms with Crippen LogP contribution in [-0.2, 0) is 9.59 Å². The highest BCUT2D eigenvalue weighted by Gasteiger charge is 2.35. The van der Waals surface area contributed by atoms with Gasteiger partial charge in [-0.05, 0) is 46.7 Å². The molecule has 1 aliphatic heterocycles. The quantitative estimate of drug-likeness (QED) is 0.760. The molecular weight excluding hydrogens is 244 g/mol. The van der Waals surface area contributed by atoms with E-state index in [1.807, 2.05) is 25.7 Å². The van der Waals surface area contributed by atoms with Crippen molar-refractivity contribution in [2.24, 2.45) is 5.92 Å². The van der Waals surface area contributed by atoms with E-state index in [2.05, 4.69) is 4.90 Å². The van der Waals surface area contributed by atoms with Crippen LogP contribution in [0.2, 0.25) is 0 Å². The Morgan fingerprint density at radius 2 is 1.95 bits per heavy atom. The van der Waals surface area contributed by atoms with Crippen LogP contribution < -0.4 is 0 Å². The van der Waals surface area contributed by atoms with Crippen LogP contribution in [-0.4, -0.2) is 59.0 Å². The van der Waals surface area contributed by atoms with E-state index in [0.717, 1.165) is 39.0 Å². The van der Waals surface area contributed by atoms with E-state index < -0.39 is 5.97 Å². The Morgan fingerprint density at radius 3 is 2.42 bits per heavy atom. The van der Waals surface area contributed by atoms with Crippen molar-refractivity contribution in [1.82, 2.24) is 9.80 Å². The molecule has 0 radical (unpaired) electrons. The average molecular weight is 270 g/mol. The largest absolute Gasteiger partial charge is 0.481 e. The fourth-order valence-corrected chi connectivity index (χ4v) is 2.82. The molecule has 1 amide bonds. The van der Waals surface area contributed by atoms with Gasteiger partial charge in [-0.25, -0.2) is 0 Å². The summed E-state index contributed by atoms with van der Waals surface area (Å²) in [5.74, 6) is -0.751. The summed E-state index contributed by atoms with van der Waals surface area (Å²) in [4.78, 5) is 26.9. The first-order chi connectivity index (χ1) is 9.01. The number of aliphatic carboxylic acids is 1. The normalized spacial score (nSPS) is 23.5. The first kappa shape index (κ1) is 16.0. The zero-order valence-corrected chi connectivity index (χ0v) is 12.3. The molecule has 1 saturated heterocycles. The minimum Gasteiger partial charge on any atom is -0.481 e. The second-order valence-electron chi connectivity index (χ2n) is 5.18. The summed E-state index contributed by atoms with van der Waals surface area (Å²) in [6.45, 7) is 9.11. The molecule has 0 aliphatic carbocycles. The average Bonchev–Trinajstić information content (AvgIpc) is 2.73. The molecule has 0 aromatic heterocycles. The SMILES string of the molecule is CCN(CC)C(=O)CCCN1CCC(C(=O)O)C1C. The van der Waals surface area contributed by atoms with E-state index in [1.54, 1.807) is 0 Å². The van der Waals surface area contributed by atoms with Crippen LogP contribution in [0.1, 0.15) is 40.0 Å². The third-order valence-electron chi connectivity index (χ3n) is 4.15. The maximum atomic E-state index is 11.8. The molecule has 0 bridgehead atoms. The number of likely N-dealkylation sites (tertiary alicyclic amines) is 1. The van der Waals surface area contributed by atoms with Gasteiger partial charge >= 0.3 is 5.97 Å². The van der Waals surface area contributed by atoms with E-state index in [4.69, 9.17) is 5.11 Å². The molecule has 1 aliphatic rings. The lowest BCUT2D eigenvalue weighted by Crippen LogP contribution is -2.35. The number of carboxylic acid groups (broad SMARTS) is 1. The van der Waals surface area contributed by atoms with Crippen LogP contribution in [0.3, 0.4) is 0 Å². The molecule has 1 rings (SSSR count). The Kier molecular flexibility index (Phi) is 6.28. The van der Waals surface area contributed by atoms with Crippen molar-refractivity contribution in [2.45, 2.75) is 46.1 Å². The van der Waals surface area contributed by atoms with Crippen LogP contribution in [0.25, 0.3) is 0 Å². The molecule has 110 valence electrons. The fraction of sp³-hybridized carbons (Fsp3) is 0.857. The Labute approximate surface area is 115 Å². The molecule has 0 spiro atoms. The highest BCUT2D eigenvalue weighted by Crippen LogP contribution is 2.24. The van der Waals surface area contributed by atoms with Gasteiger partial charge in [-0.3, -0.25) is 14.5 Å². The molecule has 5 heteroatoms. The summed E-state index contributed by atoms with van der Waals surface area (Å²) < 4.78 is 0. The zero-order valence-electron chi connectivity index (χ0n) is 12.3. The maximum absolute atomic E-state index is 11.8. The predicted molar refractivity (Wildman–Crippen MR) is 73.9 cm³/mol. The molecule has 2 unspecified atom stereocenters. The van der Waals surface area contributed by atoms with Gasteiger partial charge in [0.15, 0.2) is 0 Å². The first-order valence-electron chi connectivity index (χ1n) is 7.25. The molecule has 0 aromatic rings. The van der Waals surface area contributed by atoms with Gasteiger partial charge < -0.3 is 10.0 Å². The highest BCUT2D eigenvalue weighted by molar-refractivity contribution is 5.76. The van der Waals surface area contributed by atoms with Crippen molar-refractivity contribution < 1.29 is 14.7 Å². The molecule has 1 N–H and O–H groups in total. The zero-order chi connectivity index (χ0) is 14.4. The molecule has 1 fully saturated rings. The Balaban J connectivity index is 2.31. The number of carbonyl (C=O) groups excluding carboxylic acids is 1. The summed E-state index contributed by atoms with van der Waals surface area (Å²) in [5.41, 5.74) is 0. The number of hydrogen-bond acceptors (Lipinski definition) is 3. The third kappa shape index (κ3) is 4.20. The smallest absolute Gasteiger partial charge is 0.308 e. The molecule has 19 heavy (non-hydrogen) atoms. The number of nitrogens with zero attached hydrogens (tertiary/aromatic N) is 2. The summed E-state index contributed by atoms with van der Waals surface area (Å²) in [6.07, 6.45) is 2.09. The molecule has 0 saturated carbocycles. The highest BCUT2D eigenvalue weighted by atomic mass is 16.4. The van der Waals surface area contributed by atoms with E-state index in [9.17, 15) is 9.59 Å². The fourth-order valence-electron chi connectivity index (χ4n) is 2.82. The predicted octanol–water partition coefficient (Wildman–Crippen LogP) is 1.43. The van der Waals surface area contributed by atoms with Crippen molar-refractivity contribution >= 4 is 11.9 Å². The van der Waals surface area contributed by atoms with E-state index >= 15 is 0 Å². The van der Waals surface area contributed by atoms with Crippen LogP contribution in [0.15, 0.2) is 0 Å². The van der Waals surface area contributed by atoms with Crippen molar-refractivity contribution in [1.29, 1.82) is 0 Å². The number of amides is 1. The molecule has 0 aromatic carbocycles. The Bertz CT molecular complexity index is 316. The first-order valence-corrected chi connectivity index (χ1v) is 7.25. The lowest BCUT2D eigenvalue weighted by atomic mass is 10.0. The van der Waals surface area contributed by atoms with Crippen molar-refractivity contribution in [3.8, 4) is 0 Å². The minimum atomic E-state index is -0.700. The van der Waals surface area contributed by atoms with Crippen LogP contribution in [0.5, 0.6) is 0 Å². The van der Waals surface area contributed by atoms with Gasteiger partial charge in [0.05, 0.1) is 5.92 Å². The summed E-state index contributed by atoms with van der Waals surface area (Å²) in [5, 5.41) is 9.06. The van der Waals surface area contributed by atoms with Gasteiger partial charge in [0, 0.05) is 25.6 Å². The summed E-state index contributed by atoms with van der Waals surface area (Å²) in [6, 6.07) is 0.0843.